The molecule has 0 radical (unpaired) electrons. The van der Waals surface area contributed by atoms with Gasteiger partial charge in [-0.15, -0.1) is 0 Å². The SMILES string of the molecule is Cc1cc2c3cc1N1c4cc(cc5c4B(c4cc6c(cc4N5c4ccc5c(c4)C(C)(C)CCC5(C)C)C(C)(C)CCC6(C)C)c4c1ccc1c4oc4ccccc41)N1c4cc(c(C(C)(C)C)cc4C4(C)CCCCC14C)C3(C)CCC2(C)C. The predicted molar refractivity (Wildman–Crippen MR) is 353 cm³/mol. The van der Waals surface area contributed by atoms with Crippen molar-refractivity contribution in [2.75, 3.05) is 14.7 Å². The van der Waals surface area contributed by atoms with E-state index >= 15 is 0 Å². The van der Waals surface area contributed by atoms with E-state index in [0.717, 1.165) is 49.7 Å². The van der Waals surface area contributed by atoms with E-state index in [1.54, 1.807) is 5.56 Å². The van der Waals surface area contributed by atoms with Crippen molar-refractivity contribution in [3.05, 3.63) is 159 Å². The van der Waals surface area contributed by atoms with Gasteiger partial charge in [-0.2, -0.15) is 0 Å². The fraction of sp³-hybridized carbons (Fsp3) is 0.462. The van der Waals surface area contributed by atoms with Crippen LogP contribution in [-0.2, 0) is 43.3 Å². The van der Waals surface area contributed by atoms with Gasteiger partial charge in [0.05, 0.1) is 5.54 Å². The Kier molecular flexibility index (Phi) is 10.1. The molecule has 4 aliphatic carbocycles. The molecule has 16 rings (SSSR count). The van der Waals surface area contributed by atoms with Gasteiger partial charge in [-0.25, -0.2) is 0 Å². The third-order valence-corrected chi connectivity index (χ3v) is 24.7. The lowest BCUT2D eigenvalue weighted by atomic mass is 9.33. The standard InChI is InChI=1S/C78H88BN3O/c1-45-36-52-57-43-61(45)81-60-27-25-49-48-22-18-19-23-66(48)83-69(49)68(60)79-59-41-54-55(74(11,12)33-32-73(54,9)10)42-63(59)80(46-24-26-50-53(37-46)72(7,8)31-30-71(50,5)6)64-38-47(39-65(81)67(64)79)82-62-44-56(76(57,15)35-34-75(52,13)14)51(70(2,3)4)40-58(62)77(16)28-20-21-29-78(77,82)17/h18-19,22-27,36-44H,20-21,28-35H2,1-17H3. The molecule has 5 heterocycles. The average Bonchev–Trinajstić information content (AvgIpc) is 1.72. The molecule has 4 nitrogen and oxygen atoms in total. The second kappa shape index (κ2) is 16.0. The van der Waals surface area contributed by atoms with Crippen LogP contribution in [0, 0.1) is 6.92 Å². The van der Waals surface area contributed by atoms with Crippen molar-refractivity contribution < 1.29 is 4.42 Å². The minimum atomic E-state index is -0.243. The molecule has 0 spiro atoms. The van der Waals surface area contributed by atoms with Crippen molar-refractivity contribution >= 4 is 90.5 Å². The second-order valence-corrected chi connectivity index (χ2v) is 32.9. The van der Waals surface area contributed by atoms with Gasteiger partial charge in [-0.05, 0) is 230 Å². The minimum Gasteiger partial charge on any atom is -0.457 e. The molecule has 0 N–H and O–H groups in total. The van der Waals surface area contributed by atoms with Gasteiger partial charge in [0.2, 0.25) is 0 Å². The van der Waals surface area contributed by atoms with Gasteiger partial charge >= 0.3 is 0 Å². The number of fused-ring (bicyclic) bond motifs is 20. The monoisotopic (exact) mass is 1090 g/mol. The van der Waals surface area contributed by atoms with Crippen molar-refractivity contribution in [2.24, 2.45) is 0 Å². The maximum Gasteiger partial charge on any atom is 0.257 e. The molecule has 1 fully saturated rings. The topological polar surface area (TPSA) is 22.9 Å². The first kappa shape index (κ1) is 52.4. The molecule has 0 saturated heterocycles. The maximum atomic E-state index is 7.47. The first-order valence-electron chi connectivity index (χ1n) is 32.2. The minimum absolute atomic E-state index is 0.000612. The predicted octanol–water partition coefficient (Wildman–Crippen LogP) is 19.4. The molecule has 8 aromatic rings. The number of benzene rings is 7. The highest BCUT2D eigenvalue weighted by Crippen LogP contribution is 2.65. The van der Waals surface area contributed by atoms with Gasteiger partial charge in [0.1, 0.15) is 11.2 Å². The molecular formula is C78H88BN3O. The molecule has 1 saturated carbocycles. The molecule has 83 heavy (non-hydrogen) atoms. The van der Waals surface area contributed by atoms with E-state index in [2.05, 4.69) is 236 Å². The Morgan fingerprint density at radius 1 is 0.434 bits per heavy atom. The first-order valence-corrected chi connectivity index (χ1v) is 32.2. The number of hydrogen-bond acceptors (Lipinski definition) is 4. The van der Waals surface area contributed by atoms with Gasteiger partial charge in [-0.1, -0.05) is 159 Å². The van der Waals surface area contributed by atoms with E-state index in [1.807, 2.05) is 0 Å². The summed E-state index contributed by atoms with van der Waals surface area (Å²) < 4.78 is 7.47. The van der Waals surface area contributed by atoms with E-state index in [9.17, 15) is 0 Å². The molecule has 8 aliphatic rings. The van der Waals surface area contributed by atoms with Crippen molar-refractivity contribution in [1.29, 1.82) is 0 Å². The lowest BCUT2D eigenvalue weighted by Gasteiger charge is -2.51. The maximum absolute atomic E-state index is 7.47. The summed E-state index contributed by atoms with van der Waals surface area (Å²) in [5.41, 5.74) is 30.8. The average molecular weight is 1090 g/mol. The summed E-state index contributed by atoms with van der Waals surface area (Å²) in [6, 6.07) is 43.1. The Bertz CT molecular complexity index is 4230. The van der Waals surface area contributed by atoms with E-state index in [1.165, 1.54) is 148 Å². The van der Waals surface area contributed by atoms with E-state index in [4.69, 9.17) is 4.42 Å². The number of para-hydroxylation sites is 1. The van der Waals surface area contributed by atoms with Crippen LogP contribution in [0.5, 0.6) is 0 Å². The van der Waals surface area contributed by atoms with Gasteiger partial charge in [0, 0.05) is 67.1 Å². The first-order chi connectivity index (χ1) is 39.0. The quantitative estimate of drug-likeness (QED) is 0.153. The fourth-order valence-electron chi connectivity index (χ4n) is 19.0. The largest absolute Gasteiger partial charge is 0.457 e. The van der Waals surface area contributed by atoms with Crippen molar-refractivity contribution in [1.82, 2.24) is 0 Å². The zero-order valence-corrected chi connectivity index (χ0v) is 53.2. The number of aryl methyl sites for hydroxylation is 1. The molecule has 3 unspecified atom stereocenters. The van der Waals surface area contributed by atoms with E-state index in [-0.39, 0.29) is 55.6 Å². The highest BCUT2D eigenvalue weighted by molar-refractivity contribution is 7.01. The Morgan fingerprint density at radius 3 is 1.72 bits per heavy atom. The lowest BCUT2D eigenvalue weighted by Crippen LogP contribution is -2.62. The van der Waals surface area contributed by atoms with Crippen LogP contribution >= 0.6 is 0 Å². The zero-order valence-electron chi connectivity index (χ0n) is 53.2. The Balaban J connectivity index is 1.12. The highest BCUT2D eigenvalue weighted by atomic mass is 16.3. The van der Waals surface area contributed by atoms with E-state index in [0.29, 0.717) is 0 Å². The third-order valence-electron chi connectivity index (χ3n) is 24.7. The Morgan fingerprint density at radius 2 is 1.02 bits per heavy atom. The summed E-state index contributed by atoms with van der Waals surface area (Å²) in [4.78, 5) is 8.51. The van der Waals surface area contributed by atoms with Crippen LogP contribution in [-0.4, -0.2) is 12.3 Å². The molecule has 0 amide bonds. The number of rotatable bonds is 1. The van der Waals surface area contributed by atoms with Crippen LogP contribution < -0.4 is 31.1 Å². The number of furan rings is 1. The summed E-state index contributed by atoms with van der Waals surface area (Å²) in [5, 5.41) is 2.37. The Labute approximate surface area is 496 Å². The third kappa shape index (κ3) is 6.62. The summed E-state index contributed by atoms with van der Waals surface area (Å²) in [7, 11) is 0. The molecule has 7 aromatic carbocycles. The summed E-state index contributed by atoms with van der Waals surface area (Å²) in [6.45, 7) is 42.8. The zero-order chi connectivity index (χ0) is 58.0. The lowest BCUT2D eigenvalue weighted by molar-refractivity contribution is 0.195. The van der Waals surface area contributed by atoms with Gasteiger partial charge in [-0.3, -0.25) is 0 Å². The van der Waals surface area contributed by atoms with Crippen LogP contribution in [0.15, 0.2) is 108 Å². The van der Waals surface area contributed by atoms with Gasteiger partial charge in [0.25, 0.3) is 6.71 Å². The van der Waals surface area contributed by atoms with Crippen molar-refractivity contribution in [3.63, 3.8) is 0 Å². The molecule has 4 aliphatic heterocycles. The molecule has 424 valence electrons. The number of nitrogens with zero attached hydrogens (tertiary/aromatic N) is 3. The summed E-state index contributed by atoms with van der Waals surface area (Å²) in [6.07, 6.45) is 11.7. The Hall–Kier alpha value is -6.20. The smallest absolute Gasteiger partial charge is 0.257 e. The van der Waals surface area contributed by atoms with Crippen LogP contribution in [0.1, 0.15) is 231 Å². The summed E-state index contributed by atoms with van der Waals surface area (Å²) in [5.74, 6) is 0. The fourth-order valence-corrected chi connectivity index (χ4v) is 19.0. The second-order valence-electron chi connectivity index (χ2n) is 32.9. The van der Waals surface area contributed by atoms with Gasteiger partial charge < -0.3 is 19.1 Å². The van der Waals surface area contributed by atoms with Crippen LogP contribution in [0.4, 0.5) is 45.5 Å². The van der Waals surface area contributed by atoms with E-state index < -0.39 is 0 Å². The number of anilines is 8. The molecule has 1 aromatic heterocycles. The van der Waals surface area contributed by atoms with Crippen LogP contribution in [0.25, 0.3) is 21.9 Å². The normalized spacial score (nSPS) is 25.7. The molecule has 5 heteroatoms. The van der Waals surface area contributed by atoms with Crippen LogP contribution in [0.2, 0.25) is 0 Å². The molecule has 3 atom stereocenters. The van der Waals surface area contributed by atoms with Gasteiger partial charge in [0.15, 0.2) is 0 Å². The van der Waals surface area contributed by atoms with Crippen LogP contribution in [0.3, 0.4) is 0 Å². The van der Waals surface area contributed by atoms with Crippen molar-refractivity contribution in [3.8, 4) is 0 Å². The summed E-state index contributed by atoms with van der Waals surface area (Å²) >= 11 is 0. The molecule has 6 bridgehead atoms. The van der Waals surface area contributed by atoms with Crippen molar-refractivity contribution in [2.45, 2.75) is 231 Å². The highest BCUT2D eigenvalue weighted by Gasteiger charge is 2.60. The number of hydrogen-bond donors (Lipinski definition) is 0. The molecular weight excluding hydrogens is 1010 g/mol.